The van der Waals surface area contributed by atoms with E-state index in [4.69, 9.17) is 10.3 Å². The summed E-state index contributed by atoms with van der Waals surface area (Å²) in [5, 5.41) is 0. The van der Waals surface area contributed by atoms with E-state index in [1.807, 2.05) is 0 Å². The molecule has 1 aromatic rings. The van der Waals surface area contributed by atoms with Gasteiger partial charge in [0.2, 0.25) is 0 Å². The zero-order valence-electron chi connectivity index (χ0n) is 5.45. The van der Waals surface area contributed by atoms with Crippen molar-refractivity contribution < 1.29 is 13.2 Å². The van der Waals surface area contributed by atoms with Crippen LogP contribution in [0.5, 0.6) is 0 Å². The first-order valence-corrected chi connectivity index (χ1v) is 3.88. The van der Waals surface area contributed by atoms with Crippen LogP contribution < -0.4 is 5.73 Å². The first kappa shape index (κ1) is 8.16. The molecule has 0 aliphatic heterocycles. The summed E-state index contributed by atoms with van der Waals surface area (Å²) in [6, 6.07) is 3.32. The molecule has 11 heavy (non-hydrogen) atoms. The standard InChI is InChI=1S/C6H6FNO2S/c7-4-1-2-5(8)6(3-4)11(9)10/h1-3H,8H2,(H,9,10). The number of anilines is 1. The molecule has 5 heteroatoms. The third kappa shape index (κ3) is 1.75. The van der Waals surface area contributed by atoms with E-state index < -0.39 is 16.9 Å². The zero-order chi connectivity index (χ0) is 8.43. The molecule has 1 unspecified atom stereocenters. The maximum atomic E-state index is 12.4. The first-order chi connectivity index (χ1) is 5.11. The van der Waals surface area contributed by atoms with Crippen molar-refractivity contribution in [2.24, 2.45) is 0 Å². The van der Waals surface area contributed by atoms with Gasteiger partial charge in [0.1, 0.15) is 5.82 Å². The third-order valence-electron chi connectivity index (χ3n) is 1.16. The molecular formula is C6H6FNO2S. The highest BCUT2D eigenvalue weighted by molar-refractivity contribution is 7.79. The Morgan fingerprint density at radius 1 is 1.55 bits per heavy atom. The van der Waals surface area contributed by atoms with Crippen LogP contribution in [0.1, 0.15) is 0 Å². The quantitative estimate of drug-likeness (QED) is 0.494. The maximum Gasteiger partial charge on any atom is 0.188 e. The van der Waals surface area contributed by atoms with Crippen molar-refractivity contribution in [3.8, 4) is 0 Å². The van der Waals surface area contributed by atoms with Crippen LogP contribution in [0.4, 0.5) is 10.1 Å². The molecule has 1 atom stereocenters. The molecule has 0 bridgehead atoms. The normalized spacial score (nSPS) is 12.9. The number of halogens is 1. The molecule has 0 spiro atoms. The van der Waals surface area contributed by atoms with Gasteiger partial charge >= 0.3 is 0 Å². The average Bonchev–Trinajstić information content (AvgIpc) is 1.94. The number of hydrogen-bond acceptors (Lipinski definition) is 2. The highest BCUT2D eigenvalue weighted by Crippen LogP contribution is 2.15. The number of nitrogen functional groups attached to an aromatic ring is 1. The van der Waals surface area contributed by atoms with E-state index in [1.165, 1.54) is 6.07 Å². The number of nitrogens with two attached hydrogens (primary N) is 1. The molecule has 0 saturated heterocycles. The highest BCUT2D eigenvalue weighted by atomic mass is 32.2. The van der Waals surface area contributed by atoms with Gasteiger partial charge in [-0.3, -0.25) is 0 Å². The van der Waals surface area contributed by atoms with Gasteiger partial charge in [-0.1, -0.05) is 0 Å². The van der Waals surface area contributed by atoms with Crippen LogP contribution in [0.2, 0.25) is 0 Å². The van der Waals surface area contributed by atoms with Crippen molar-refractivity contribution in [3.05, 3.63) is 24.0 Å². The molecule has 1 rings (SSSR count). The van der Waals surface area contributed by atoms with E-state index >= 15 is 0 Å². The van der Waals surface area contributed by atoms with Crippen LogP contribution in [-0.2, 0) is 11.1 Å². The van der Waals surface area contributed by atoms with Crippen molar-refractivity contribution in [2.75, 3.05) is 5.73 Å². The lowest BCUT2D eigenvalue weighted by atomic mass is 10.3. The van der Waals surface area contributed by atoms with Crippen LogP contribution in [0, 0.1) is 5.82 Å². The van der Waals surface area contributed by atoms with Gasteiger partial charge < -0.3 is 10.3 Å². The van der Waals surface area contributed by atoms with Gasteiger partial charge in [0, 0.05) is 0 Å². The average molecular weight is 175 g/mol. The molecule has 1 aromatic carbocycles. The van der Waals surface area contributed by atoms with Crippen molar-refractivity contribution in [1.29, 1.82) is 0 Å². The molecule has 3 N–H and O–H groups in total. The minimum Gasteiger partial charge on any atom is -0.398 e. The van der Waals surface area contributed by atoms with Crippen molar-refractivity contribution in [2.45, 2.75) is 4.90 Å². The van der Waals surface area contributed by atoms with Gasteiger partial charge in [-0.25, -0.2) is 8.60 Å². The lowest BCUT2D eigenvalue weighted by molar-refractivity contribution is 0.562. The predicted molar refractivity (Wildman–Crippen MR) is 39.8 cm³/mol. The Labute approximate surface area is 65.3 Å². The fourth-order valence-corrected chi connectivity index (χ4v) is 1.14. The summed E-state index contributed by atoms with van der Waals surface area (Å²) in [5.41, 5.74) is 5.39. The number of hydrogen-bond donors (Lipinski definition) is 2. The molecule has 0 heterocycles. The number of benzene rings is 1. The molecular weight excluding hydrogens is 169 g/mol. The van der Waals surface area contributed by atoms with Crippen LogP contribution in [-0.4, -0.2) is 8.76 Å². The fourth-order valence-electron chi connectivity index (χ4n) is 0.659. The van der Waals surface area contributed by atoms with Gasteiger partial charge in [0.25, 0.3) is 0 Å². The molecule has 0 fully saturated rings. The Kier molecular flexibility index (Phi) is 2.21. The van der Waals surface area contributed by atoms with E-state index in [2.05, 4.69) is 0 Å². The highest BCUT2D eigenvalue weighted by Gasteiger charge is 2.05. The molecule has 0 aliphatic carbocycles. The topological polar surface area (TPSA) is 63.3 Å². The lowest BCUT2D eigenvalue weighted by Gasteiger charge is -1.98. The van der Waals surface area contributed by atoms with Gasteiger partial charge in [0.15, 0.2) is 11.1 Å². The molecule has 0 amide bonds. The maximum absolute atomic E-state index is 12.4. The van der Waals surface area contributed by atoms with E-state index in [0.29, 0.717) is 0 Å². The summed E-state index contributed by atoms with van der Waals surface area (Å²) in [6.45, 7) is 0. The van der Waals surface area contributed by atoms with Crippen LogP contribution >= 0.6 is 0 Å². The first-order valence-electron chi connectivity index (χ1n) is 2.77. The number of rotatable bonds is 1. The zero-order valence-corrected chi connectivity index (χ0v) is 6.27. The lowest BCUT2D eigenvalue weighted by Crippen LogP contribution is -1.96. The van der Waals surface area contributed by atoms with Crippen molar-refractivity contribution in [1.82, 2.24) is 0 Å². The summed E-state index contributed by atoms with van der Waals surface area (Å²) < 4.78 is 31.4. The molecule has 0 aromatic heterocycles. The molecule has 0 aliphatic rings. The summed E-state index contributed by atoms with van der Waals surface area (Å²) in [4.78, 5) is -0.0926. The molecule has 0 radical (unpaired) electrons. The van der Waals surface area contributed by atoms with Crippen LogP contribution in [0.25, 0.3) is 0 Å². The smallest absolute Gasteiger partial charge is 0.188 e. The third-order valence-corrected chi connectivity index (χ3v) is 1.89. The summed E-state index contributed by atoms with van der Waals surface area (Å²) >= 11 is -2.22. The minimum atomic E-state index is -2.22. The summed E-state index contributed by atoms with van der Waals surface area (Å²) in [6.07, 6.45) is 0. The Morgan fingerprint density at radius 2 is 2.18 bits per heavy atom. The second-order valence-corrected chi connectivity index (χ2v) is 2.87. The molecule has 0 saturated carbocycles. The Balaban J connectivity index is 3.23. The van der Waals surface area contributed by atoms with E-state index in [9.17, 15) is 8.60 Å². The second kappa shape index (κ2) is 2.98. The van der Waals surface area contributed by atoms with E-state index in [1.54, 1.807) is 0 Å². The van der Waals surface area contributed by atoms with Gasteiger partial charge in [0.05, 0.1) is 10.6 Å². The van der Waals surface area contributed by atoms with Crippen LogP contribution in [0.3, 0.4) is 0 Å². The van der Waals surface area contributed by atoms with Gasteiger partial charge in [-0.15, -0.1) is 0 Å². The monoisotopic (exact) mass is 175 g/mol. The summed E-state index contributed by atoms with van der Waals surface area (Å²) in [7, 11) is 0. The van der Waals surface area contributed by atoms with Crippen molar-refractivity contribution in [3.63, 3.8) is 0 Å². The van der Waals surface area contributed by atoms with Gasteiger partial charge in [-0.05, 0) is 18.2 Å². The Morgan fingerprint density at radius 3 is 2.64 bits per heavy atom. The Hall–Kier alpha value is -0.940. The molecule has 60 valence electrons. The SMILES string of the molecule is Nc1ccc(F)cc1S(=O)O. The second-order valence-electron chi connectivity index (χ2n) is 1.93. The van der Waals surface area contributed by atoms with E-state index in [0.717, 1.165) is 12.1 Å². The minimum absolute atomic E-state index is 0.0926. The largest absolute Gasteiger partial charge is 0.398 e. The fraction of sp³-hybridized carbons (Fsp3) is 0. The Bertz CT molecular complexity index is 303. The van der Waals surface area contributed by atoms with Crippen LogP contribution in [0.15, 0.2) is 23.1 Å². The van der Waals surface area contributed by atoms with E-state index in [-0.39, 0.29) is 10.6 Å². The summed E-state index contributed by atoms with van der Waals surface area (Å²) in [5.74, 6) is -0.573. The van der Waals surface area contributed by atoms with Crippen molar-refractivity contribution >= 4 is 16.8 Å². The van der Waals surface area contributed by atoms with Gasteiger partial charge in [-0.2, -0.15) is 0 Å². The molecule has 3 nitrogen and oxygen atoms in total. The predicted octanol–water partition coefficient (Wildman–Crippen LogP) is 0.989.